The quantitative estimate of drug-likeness (QED) is 0.422. The molecule has 3 heterocycles. The molecule has 168 valence electrons. The van der Waals surface area contributed by atoms with Gasteiger partial charge in [0.25, 0.3) is 0 Å². The standard InChI is InChI=1S/C24H29FN6O/c1-16-20(22(14-27-2)29-30(16)3)9-11-32-23-12-18(25)5-6-21(23)17-4-7-24-28-13-19(8-10-26)31(24)15-17/h4-7,12-13,15,27H,8-11,14,26H2,1-3H3. The van der Waals surface area contributed by atoms with Crippen molar-refractivity contribution in [3.8, 4) is 16.9 Å². The van der Waals surface area contributed by atoms with Gasteiger partial charge < -0.3 is 20.2 Å². The second-order valence-electron chi connectivity index (χ2n) is 7.84. The summed E-state index contributed by atoms with van der Waals surface area (Å²) < 4.78 is 24.1. The molecule has 0 aliphatic carbocycles. The van der Waals surface area contributed by atoms with Crippen LogP contribution in [0.15, 0.2) is 42.7 Å². The van der Waals surface area contributed by atoms with Crippen LogP contribution in [0.2, 0.25) is 0 Å². The number of aryl methyl sites for hydroxylation is 1. The number of nitrogens with zero attached hydrogens (tertiary/aromatic N) is 4. The van der Waals surface area contributed by atoms with Gasteiger partial charge in [-0.3, -0.25) is 4.68 Å². The molecule has 7 nitrogen and oxygen atoms in total. The number of fused-ring (bicyclic) bond motifs is 1. The minimum atomic E-state index is -0.329. The maximum absolute atomic E-state index is 14.1. The van der Waals surface area contributed by atoms with Gasteiger partial charge in [0.05, 0.1) is 12.3 Å². The van der Waals surface area contributed by atoms with E-state index in [1.54, 1.807) is 6.07 Å². The fourth-order valence-corrected chi connectivity index (χ4v) is 4.00. The topological polar surface area (TPSA) is 82.4 Å². The second kappa shape index (κ2) is 9.50. The molecule has 32 heavy (non-hydrogen) atoms. The molecule has 0 saturated carbocycles. The predicted octanol–water partition coefficient (Wildman–Crippen LogP) is 3.02. The average Bonchev–Trinajstić information content (AvgIpc) is 3.30. The number of pyridine rings is 1. The zero-order valence-electron chi connectivity index (χ0n) is 18.7. The van der Waals surface area contributed by atoms with Crippen LogP contribution in [-0.4, -0.2) is 39.4 Å². The van der Waals surface area contributed by atoms with Crippen LogP contribution >= 0.6 is 0 Å². The number of nitrogens with two attached hydrogens (primary N) is 1. The van der Waals surface area contributed by atoms with E-state index in [-0.39, 0.29) is 5.82 Å². The summed E-state index contributed by atoms with van der Waals surface area (Å²) in [4.78, 5) is 4.43. The first-order valence-electron chi connectivity index (χ1n) is 10.8. The maximum atomic E-state index is 14.1. The Bertz CT molecular complexity index is 1230. The summed E-state index contributed by atoms with van der Waals surface area (Å²) in [5.41, 5.74) is 12.7. The lowest BCUT2D eigenvalue weighted by molar-refractivity contribution is 0.321. The van der Waals surface area contributed by atoms with Crippen molar-refractivity contribution < 1.29 is 9.13 Å². The van der Waals surface area contributed by atoms with Gasteiger partial charge in [0.15, 0.2) is 0 Å². The molecule has 0 saturated heterocycles. The van der Waals surface area contributed by atoms with Crippen molar-refractivity contribution in [3.05, 3.63) is 71.2 Å². The van der Waals surface area contributed by atoms with E-state index in [1.165, 1.54) is 12.1 Å². The van der Waals surface area contributed by atoms with Gasteiger partial charge in [-0.05, 0) is 44.8 Å². The molecule has 0 atom stereocenters. The van der Waals surface area contributed by atoms with E-state index in [2.05, 4.69) is 15.4 Å². The highest BCUT2D eigenvalue weighted by molar-refractivity contribution is 5.71. The van der Waals surface area contributed by atoms with E-state index in [0.29, 0.717) is 31.9 Å². The fraction of sp³-hybridized carbons (Fsp3) is 0.333. The molecular formula is C24H29FN6O. The molecule has 4 rings (SSSR count). The van der Waals surface area contributed by atoms with Gasteiger partial charge in [-0.1, -0.05) is 0 Å². The van der Waals surface area contributed by atoms with Crippen LogP contribution in [0, 0.1) is 12.7 Å². The first kappa shape index (κ1) is 22.0. The Balaban J connectivity index is 1.60. The van der Waals surface area contributed by atoms with Gasteiger partial charge in [0.2, 0.25) is 0 Å². The van der Waals surface area contributed by atoms with Crippen molar-refractivity contribution >= 4 is 5.65 Å². The Morgan fingerprint density at radius 3 is 2.81 bits per heavy atom. The summed E-state index contributed by atoms with van der Waals surface area (Å²) in [6, 6.07) is 8.58. The molecule has 1 aromatic carbocycles. The van der Waals surface area contributed by atoms with Crippen molar-refractivity contribution in [2.24, 2.45) is 12.8 Å². The van der Waals surface area contributed by atoms with Crippen molar-refractivity contribution in [1.29, 1.82) is 0 Å². The van der Waals surface area contributed by atoms with Crippen LogP contribution in [0.5, 0.6) is 5.75 Å². The third kappa shape index (κ3) is 4.37. The molecular weight excluding hydrogens is 407 g/mol. The number of aromatic nitrogens is 4. The molecule has 0 aliphatic heterocycles. The SMILES string of the molecule is CNCc1nn(C)c(C)c1CCOc1cc(F)ccc1-c1ccc2ncc(CCN)n2c1. The van der Waals surface area contributed by atoms with E-state index in [1.807, 2.05) is 54.6 Å². The lowest BCUT2D eigenvalue weighted by Gasteiger charge is -2.13. The summed E-state index contributed by atoms with van der Waals surface area (Å²) >= 11 is 0. The molecule has 0 bridgehead atoms. The van der Waals surface area contributed by atoms with Gasteiger partial charge in [0.1, 0.15) is 17.2 Å². The fourth-order valence-electron chi connectivity index (χ4n) is 4.00. The van der Waals surface area contributed by atoms with Gasteiger partial charge in [0, 0.05) is 73.0 Å². The lowest BCUT2D eigenvalue weighted by Crippen LogP contribution is -2.10. The smallest absolute Gasteiger partial charge is 0.136 e. The Morgan fingerprint density at radius 1 is 1.19 bits per heavy atom. The van der Waals surface area contributed by atoms with E-state index >= 15 is 0 Å². The highest BCUT2D eigenvalue weighted by atomic mass is 19.1. The molecule has 0 spiro atoms. The third-order valence-corrected chi connectivity index (χ3v) is 5.73. The summed E-state index contributed by atoms with van der Waals surface area (Å²) in [6.07, 6.45) is 5.27. The molecule has 0 fully saturated rings. The summed E-state index contributed by atoms with van der Waals surface area (Å²) in [6.45, 7) is 3.71. The zero-order chi connectivity index (χ0) is 22.7. The normalized spacial score (nSPS) is 11.4. The van der Waals surface area contributed by atoms with E-state index in [0.717, 1.165) is 45.8 Å². The number of imidazole rings is 1. The zero-order valence-corrected chi connectivity index (χ0v) is 18.7. The Morgan fingerprint density at radius 2 is 2.03 bits per heavy atom. The van der Waals surface area contributed by atoms with Crippen LogP contribution in [0.25, 0.3) is 16.8 Å². The van der Waals surface area contributed by atoms with Crippen LogP contribution in [0.4, 0.5) is 4.39 Å². The lowest BCUT2D eigenvalue weighted by atomic mass is 10.1. The number of rotatable bonds is 9. The molecule has 0 radical (unpaired) electrons. The number of benzene rings is 1. The van der Waals surface area contributed by atoms with Crippen molar-refractivity contribution in [1.82, 2.24) is 24.5 Å². The van der Waals surface area contributed by atoms with Gasteiger partial charge >= 0.3 is 0 Å². The van der Waals surface area contributed by atoms with E-state index in [9.17, 15) is 4.39 Å². The molecule has 4 aromatic rings. The highest BCUT2D eigenvalue weighted by Crippen LogP contribution is 2.31. The molecule has 0 unspecified atom stereocenters. The minimum Gasteiger partial charge on any atom is -0.492 e. The largest absolute Gasteiger partial charge is 0.492 e. The maximum Gasteiger partial charge on any atom is 0.136 e. The molecule has 3 aromatic heterocycles. The Kier molecular flexibility index (Phi) is 6.53. The summed E-state index contributed by atoms with van der Waals surface area (Å²) in [5.74, 6) is 0.186. The monoisotopic (exact) mass is 436 g/mol. The number of hydrogen-bond donors (Lipinski definition) is 2. The molecule has 0 amide bonds. The van der Waals surface area contributed by atoms with Gasteiger partial charge in [-0.15, -0.1) is 0 Å². The first-order valence-corrected chi connectivity index (χ1v) is 10.8. The summed E-state index contributed by atoms with van der Waals surface area (Å²) in [7, 11) is 3.84. The van der Waals surface area contributed by atoms with Crippen molar-refractivity contribution in [2.75, 3.05) is 20.2 Å². The van der Waals surface area contributed by atoms with E-state index < -0.39 is 0 Å². The number of ether oxygens (including phenoxy) is 1. The molecule has 8 heteroatoms. The van der Waals surface area contributed by atoms with E-state index in [4.69, 9.17) is 10.5 Å². The Hall–Kier alpha value is -3.23. The van der Waals surface area contributed by atoms with Crippen LogP contribution in [0.1, 0.15) is 22.6 Å². The average molecular weight is 437 g/mol. The first-order chi connectivity index (χ1) is 15.5. The van der Waals surface area contributed by atoms with Crippen LogP contribution in [-0.2, 0) is 26.4 Å². The van der Waals surface area contributed by atoms with Crippen molar-refractivity contribution in [2.45, 2.75) is 26.3 Å². The van der Waals surface area contributed by atoms with Crippen molar-refractivity contribution in [3.63, 3.8) is 0 Å². The molecule has 0 aliphatic rings. The van der Waals surface area contributed by atoms with Crippen LogP contribution < -0.4 is 15.8 Å². The van der Waals surface area contributed by atoms with Crippen LogP contribution in [0.3, 0.4) is 0 Å². The second-order valence-corrected chi connectivity index (χ2v) is 7.84. The number of halogens is 1. The van der Waals surface area contributed by atoms with Gasteiger partial charge in [-0.25, -0.2) is 9.37 Å². The Labute approximate surface area is 187 Å². The number of nitrogens with one attached hydrogen (secondary N) is 1. The third-order valence-electron chi connectivity index (χ3n) is 5.73. The highest BCUT2D eigenvalue weighted by Gasteiger charge is 2.14. The summed E-state index contributed by atoms with van der Waals surface area (Å²) in [5, 5.41) is 7.73. The number of hydrogen-bond acceptors (Lipinski definition) is 5. The van der Waals surface area contributed by atoms with Gasteiger partial charge in [-0.2, -0.15) is 5.10 Å². The predicted molar refractivity (Wildman–Crippen MR) is 123 cm³/mol. The minimum absolute atomic E-state index is 0.329. The molecule has 3 N–H and O–H groups in total.